The summed E-state index contributed by atoms with van der Waals surface area (Å²) in [6, 6.07) is 0.227. The topological polar surface area (TPSA) is 56.2 Å². The van der Waals surface area contributed by atoms with Crippen molar-refractivity contribution in [1.29, 1.82) is 0 Å². The largest absolute Gasteiger partial charge is 0.383 e. The molecular formula is C8H14N4. The van der Waals surface area contributed by atoms with Crippen molar-refractivity contribution >= 4 is 5.84 Å². The van der Waals surface area contributed by atoms with Crippen molar-refractivity contribution < 1.29 is 0 Å². The molecule has 0 unspecified atom stereocenters. The summed E-state index contributed by atoms with van der Waals surface area (Å²) in [5.41, 5.74) is 6.59. The van der Waals surface area contributed by atoms with Crippen molar-refractivity contribution in [3.8, 4) is 0 Å². The molecule has 0 aliphatic rings. The fourth-order valence-corrected chi connectivity index (χ4v) is 0.906. The van der Waals surface area contributed by atoms with Crippen molar-refractivity contribution in [1.82, 2.24) is 9.78 Å². The van der Waals surface area contributed by atoms with Crippen LogP contribution in [0.4, 0.5) is 0 Å². The minimum atomic E-state index is 0.227. The van der Waals surface area contributed by atoms with E-state index in [1.165, 1.54) is 0 Å². The lowest BCUT2D eigenvalue weighted by molar-refractivity contribution is 0.767. The highest BCUT2D eigenvalue weighted by Gasteiger charge is 2.00. The number of aryl methyl sites for hydroxylation is 1. The van der Waals surface area contributed by atoms with Gasteiger partial charge in [-0.3, -0.25) is 9.67 Å². The summed E-state index contributed by atoms with van der Waals surface area (Å²) in [7, 11) is 1.85. The van der Waals surface area contributed by atoms with E-state index in [9.17, 15) is 0 Å². The van der Waals surface area contributed by atoms with Gasteiger partial charge in [0.05, 0.1) is 11.8 Å². The summed E-state index contributed by atoms with van der Waals surface area (Å²) in [4.78, 5) is 4.20. The van der Waals surface area contributed by atoms with Gasteiger partial charge in [0.1, 0.15) is 5.84 Å². The molecule has 1 aromatic rings. The van der Waals surface area contributed by atoms with Crippen LogP contribution in [0.1, 0.15) is 19.4 Å². The van der Waals surface area contributed by atoms with Crippen molar-refractivity contribution in [3.63, 3.8) is 0 Å². The van der Waals surface area contributed by atoms with Gasteiger partial charge >= 0.3 is 0 Å². The van der Waals surface area contributed by atoms with Crippen LogP contribution in [0.2, 0.25) is 0 Å². The average Bonchev–Trinajstić information content (AvgIpc) is 2.34. The summed E-state index contributed by atoms with van der Waals surface area (Å²) < 4.78 is 1.71. The van der Waals surface area contributed by atoms with E-state index in [0.717, 1.165) is 5.56 Å². The molecule has 1 aromatic heterocycles. The Bertz CT molecular complexity index is 285. The summed E-state index contributed by atoms with van der Waals surface area (Å²) in [6.45, 7) is 3.98. The first-order valence-corrected chi connectivity index (χ1v) is 3.92. The van der Waals surface area contributed by atoms with Crippen LogP contribution in [0.25, 0.3) is 0 Å². The number of rotatable bonds is 2. The molecule has 0 aliphatic heterocycles. The van der Waals surface area contributed by atoms with Crippen LogP contribution in [-0.4, -0.2) is 21.7 Å². The number of amidine groups is 1. The van der Waals surface area contributed by atoms with Crippen molar-refractivity contribution in [3.05, 3.63) is 18.0 Å². The summed E-state index contributed by atoms with van der Waals surface area (Å²) >= 11 is 0. The molecule has 1 heterocycles. The van der Waals surface area contributed by atoms with E-state index in [1.54, 1.807) is 10.9 Å². The molecule has 1 rings (SSSR count). The Balaban J connectivity index is 2.84. The fraction of sp³-hybridized carbons (Fsp3) is 0.500. The highest BCUT2D eigenvalue weighted by Crippen LogP contribution is 1.97. The second-order valence-corrected chi connectivity index (χ2v) is 3.01. The highest BCUT2D eigenvalue weighted by molar-refractivity contribution is 5.97. The van der Waals surface area contributed by atoms with Gasteiger partial charge in [-0.25, -0.2) is 0 Å². The van der Waals surface area contributed by atoms with E-state index in [2.05, 4.69) is 10.1 Å². The number of nitrogens with two attached hydrogens (primary N) is 1. The van der Waals surface area contributed by atoms with E-state index < -0.39 is 0 Å². The zero-order valence-electron chi connectivity index (χ0n) is 7.65. The maximum Gasteiger partial charge on any atom is 0.129 e. The van der Waals surface area contributed by atoms with Gasteiger partial charge in [-0.05, 0) is 13.8 Å². The average molecular weight is 166 g/mol. The second-order valence-electron chi connectivity index (χ2n) is 3.01. The van der Waals surface area contributed by atoms with Crippen molar-refractivity contribution in [2.45, 2.75) is 19.9 Å². The van der Waals surface area contributed by atoms with Crippen molar-refractivity contribution in [2.75, 3.05) is 0 Å². The number of aromatic nitrogens is 2. The molecule has 4 nitrogen and oxygen atoms in total. The first-order chi connectivity index (χ1) is 5.59. The van der Waals surface area contributed by atoms with E-state index in [1.807, 2.05) is 27.1 Å². The highest BCUT2D eigenvalue weighted by atomic mass is 15.2. The molecule has 2 N–H and O–H groups in total. The molecule has 0 atom stereocenters. The predicted molar refractivity (Wildman–Crippen MR) is 49.1 cm³/mol. The molecule has 0 radical (unpaired) electrons. The quantitative estimate of drug-likeness (QED) is 0.514. The van der Waals surface area contributed by atoms with Crippen LogP contribution in [0.3, 0.4) is 0 Å². The molecule has 4 heteroatoms. The lowest BCUT2D eigenvalue weighted by Crippen LogP contribution is -2.14. The summed E-state index contributed by atoms with van der Waals surface area (Å²) in [5, 5.41) is 4.00. The van der Waals surface area contributed by atoms with E-state index >= 15 is 0 Å². The normalized spacial score (nSPS) is 12.5. The molecule has 66 valence electrons. The first kappa shape index (κ1) is 8.77. The maximum atomic E-state index is 5.71. The van der Waals surface area contributed by atoms with Crippen LogP contribution >= 0.6 is 0 Å². The number of hydrogen-bond acceptors (Lipinski definition) is 2. The molecule has 12 heavy (non-hydrogen) atoms. The van der Waals surface area contributed by atoms with Crippen molar-refractivity contribution in [2.24, 2.45) is 17.8 Å². The minimum Gasteiger partial charge on any atom is -0.383 e. The third kappa shape index (κ3) is 2.08. The van der Waals surface area contributed by atoms with Gasteiger partial charge in [0.25, 0.3) is 0 Å². The van der Waals surface area contributed by atoms with Gasteiger partial charge in [-0.15, -0.1) is 0 Å². The standard InChI is InChI=1S/C8H14N4/c1-6(2)11-8(9)7-4-10-12(3)5-7/h4-6H,1-3H3,(H2,9,11). The van der Waals surface area contributed by atoms with Gasteiger partial charge in [0.2, 0.25) is 0 Å². The Hall–Kier alpha value is -1.32. The fourth-order valence-electron chi connectivity index (χ4n) is 0.906. The molecule has 0 fully saturated rings. The molecule has 0 saturated heterocycles. The Kier molecular flexibility index (Phi) is 2.47. The number of nitrogens with zero attached hydrogens (tertiary/aromatic N) is 3. The van der Waals surface area contributed by atoms with Gasteiger partial charge in [-0.1, -0.05) is 0 Å². The van der Waals surface area contributed by atoms with Gasteiger partial charge < -0.3 is 5.73 Å². The zero-order valence-corrected chi connectivity index (χ0v) is 7.65. The number of aliphatic imine (C=N–C) groups is 1. The maximum absolute atomic E-state index is 5.71. The molecule has 0 aromatic carbocycles. The lowest BCUT2D eigenvalue weighted by atomic mass is 10.3. The van der Waals surface area contributed by atoms with E-state index in [4.69, 9.17) is 5.73 Å². The van der Waals surface area contributed by atoms with Crippen LogP contribution < -0.4 is 5.73 Å². The van der Waals surface area contributed by atoms with Gasteiger partial charge in [-0.2, -0.15) is 5.10 Å². The Labute approximate surface area is 72.1 Å². The SMILES string of the molecule is CC(C)N=C(N)c1cnn(C)c1. The molecular weight excluding hydrogens is 152 g/mol. The first-order valence-electron chi connectivity index (χ1n) is 3.92. The third-order valence-electron chi connectivity index (χ3n) is 1.40. The third-order valence-corrected chi connectivity index (χ3v) is 1.40. The van der Waals surface area contributed by atoms with Crippen LogP contribution in [-0.2, 0) is 7.05 Å². The van der Waals surface area contributed by atoms with E-state index in [0.29, 0.717) is 5.84 Å². The Morgan fingerprint density at radius 3 is 2.75 bits per heavy atom. The van der Waals surface area contributed by atoms with Crippen LogP contribution in [0.15, 0.2) is 17.4 Å². The predicted octanol–water partition coefficient (Wildman–Crippen LogP) is 0.534. The second kappa shape index (κ2) is 3.38. The zero-order chi connectivity index (χ0) is 9.14. The van der Waals surface area contributed by atoms with Crippen LogP contribution in [0.5, 0.6) is 0 Å². The van der Waals surface area contributed by atoms with E-state index in [-0.39, 0.29) is 6.04 Å². The molecule has 0 bridgehead atoms. The Morgan fingerprint density at radius 2 is 2.33 bits per heavy atom. The number of hydrogen-bond donors (Lipinski definition) is 1. The molecule has 0 saturated carbocycles. The minimum absolute atomic E-state index is 0.227. The van der Waals surface area contributed by atoms with Gasteiger partial charge in [0.15, 0.2) is 0 Å². The molecule has 0 amide bonds. The molecule has 0 aliphatic carbocycles. The summed E-state index contributed by atoms with van der Waals surface area (Å²) in [5.74, 6) is 0.554. The lowest BCUT2D eigenvalue weighted by Gasteiger charge is -1.98. The molecule has 0 spiro atoms. The monoisotopic (exact) mass is 166 g/mol. The van der Waals surface area contributed by atoms with Crippen LogP contribution in [0, 0.1) is 0 Å². The Morgan fingerprint density at radius 1 is 1.67 bits per heavy atom. The smallest absolute Gasteiger partial charge is 0.129 e. The summed E-state index contributed by atoms with van der Waals surface area (Å²) in [6.07, 6.45) is 3.56. The van der Waals surface area contributed by atoms with Gasteiger partial charge in [0, 0.05) is 19.3 Å².